The zero-order chi connectivity index (χ0) is 14.1. The maximum atomic E-state index is 12.7. The molecule has 0 amide bonds. The molecule has 0 aromatic heterocycles. The van der Waals surface area contributed by atoms with Gasteiger partial charge in [-0.15, -0.1) is 0 Å². The highest BCUT2D eigenvalue weighted by atomic mass is 31.2. The summed E-state index contributed by atoms with van der Waals surface area (Å²) in [5.74, 6) is 0. The van der Waals surface area contributed by atoms with E-state index in [0.717, 1.165) is 31.4 Å². The second kappa shape index (κ2) is 8.36. The van der Waals surface area contributed by atoms with Gasteiger partial charge in [0.1, 0.15) is 0 Å². The molecule has 0 aliphatic rings. The summed E-state index contributed by atoms with van der Waals surface area (Å²) >= 11 is 0. The van der Waals surface area contributed by atoms with E-state index in [4.69, 9.17) is 5.50 Å². The molecule has 1 rings (SSSR count). The van der Waals surface area contributed by atoms with Gasteiger partial charge in [0.2, 0.25) is 0 Å². The summed E-state index contributed by atoms with van der Waals surface area (Å²) in [6.45, 7) is 5.64. The lowest BCUT2D eigenvalue weighted by atomic mass is 10.3. The summed E-state index contributed by atoms with van der Waals surface area (Å²) in [5, 5.41) is 3.03. The smallest absolute Gasteiger partial charge is 0.300 e. The van der Waals surface area contributed by atoms with Crippen molar-refractivity contribution in [1.29, 1.82) is 0 Å². The fourth-order valence-corrected chi connectivity index (χ4v) is 3.42. The molecule has 0 heterocycles. The maximum absolute atomic E-state index is 12.7. The number of anilines is 1. The van der Waals surface area contributed by atoms with E-state index in [9.17, 15) is 4.57 Å². The van der Waals surface area contributed by atoms with E-state index in [0.29, 0.717) is 13.1 Å². The summed E-state index contributed by atoms with van der Waals surface area (Å²) < 4.78 is 14.5. The average Bonchev–Trinajstić information content (AvgIpc) is 2.40. The minimum atomic E-state index is -3.00. The maximum Gasteiger partial charge on any atom is 0.303 e. The Morgan fingerprint density at radius 3 is 2.37 bits per heavy atom. The van der Waals surface area contributed by atoms with Crippen LogP contribution in [-0.2, 0) is 4.57 Å². The molecule has 5 heteroatoms. The molecular weight excluding hydrogens is 257 g/mol. The number of para-hydroxylation sites is 1. The van der Waals surface area contributed by atoms with Crippen molar-refractivity contribution in [2.24, 2.45) is 5.50 Å². The van der Waals surface area contributed by atoms with Crippen LogP contribution in [0.1, 0.15) is 39.5 Å². The molecule has 0 aliphatic carbocycles. The number of hydrogen-bond acceptors (Lipinski definition) is 1. The van der Waals surface area contributed by atoms with E-state index in [1.165, 1.54) is 0 Å². The Hall–Kier alpha value is -0.830. The van der Waals surface area contributed by atoms with E-state index in [1.54, 1.807) is 0 Å². The molecular formula is C14H26N3OP. The lowest BCUT2D eigenvalue weighted by molar-refractivity contribution is 0.557. The molecule has 0 bridgehead atoms. The van der Waals surface area contributed by atoms with Gasteiger partial charge in [-0.3, -0.25) is 14.7 Å². The molecule has 0 saturated heterocycles. The second-order valence-corrected chi connectivity index (χ2v) is 6.74. The molecule has 3 N–H and O–H groups in total. The van der Waals surface area contributed by atoms with Crippen LogP contribution >= 0.6 is 7.59 Å². The SMILES string of the molecule is CCCCNP(N)(=O)N(CCCC)c1ccccc1. The van der Waals surface area contributed by atoms with Crippen LogP contribution in [0, 0.1) is 0 Å². The Labute approximate surface area is 116 Å². The standard InChI is InChI=1S/C14H26N3OP/c1-3-5-12-16-19(15,18)17(13-6-4-2)14-10-8-7-9-11-14/h7-11H,3-6,12-13H2,1-2H3,(H3,15,16,18). The van der Waals surface area contributed by atoms with Crippen LogP contribution in [0.5, 0.6) is 0 Å². The lowest BCUT2D eigenvalue weighted by Crippen LogP contribution is -2.33. The van der Waals surface area contributed by atoms with Crippen molar-refractivity contribution in [2.75, 3.05) is 17.8 Å². The third kappa shape index (κ3) is 5.35. The number of hydrogen-bond donors (Lipinski definition) is 2. The van der Waals surface area contributed by atoms with E-state index < -0.39 is 7.59 Å². The van der Waals surface area contributed by atoms with Crippen molar-refractivity contribution in [3.8, 4) is 0 Å². The topological polar surface area (TPSA) is 58.4 Å². The van der Waals surface area contributed by atoms with Crippen LogP contribution in [0.4, 0.5) is 5.69 Å². The predicted octanol–water partition coefficient (Wildman–Crippen LogP) is 3.75. The van der Waals surface area contributed by atoms with Crippen LogP contribution < -0.4 is 15.3 Å². The Morgan fingerprint density at radius 1 is 1.16 bits per heavy atom. The van der Waals surface area contributed by atoms with Gasteiger partial charge in [-0.1, -0.05) is 44.9 Å². The first kappa shape index (κ1) is 16.2. The van der Waals surface area contributed by atoms with Gasteiger partial charge in [-0.25, -0.2) is 5.09 Å². The van der Waals surface area contributed by atoms with E-state index in [1.807, 2.05) is 35.0 Å². The van der Waals surface area contributed by atoms with Gasteiger partial charge in [-0.2, -0.15) is 0 Å². The number of rotatable bonds is 9. The van der Waals surface area contributed by atoms with Gasteiger partial charge >= 0.3 is 7.59 Å². The number of unbranched alkanes of at least 4 members (excludes halogenated alkanes) is 2. The first-order valence-corrected chi connectivity index (χ1v) is 8.81. The number of nitrogens with one attached hydrogen (secondary N) is 1. The van der Waals surface area contributed by atoms with Crippen molar-refractivity contribution < 1.29 is 4.57 Å². The van der Waals surface area contributed by atoms with Gasteiger partial charge in [0.05, 0.1) is 0 Å². The molecule has 1 unspecified atom stereocenters. The number of nitrogens with zero attached hydrogens (tertiary/aromatic N) is 1. The fraction of sp³-hybridized carbons (Fsp3) is 0.571. The molecule has 108 valence electrons. The summed E-state index contributed by atoms with van der Waals surface area (Å²) in [6, 6.07) is 9.75. The summed E-state index contributed by atoms with van der Waals surface area (Å²) in [4.78, 5) is 0. The molecule has 1 atom stereocenters. The Morgan fingerprint density at radius 2 is 1.79 bits per heavy atom. The van der Waals surface area contributed by atoms with Gasteiger partial charge in [0.25, 0.3) is 0 Å². The third-order valence-electron chi connectivity index (χ3n) is 3.01. The molecule has 1 aromatic rings. The highest BCUT2D eigenvalue weighted by Gasteiger charge is 2.25. The van der Waals surface area contributed by atoms with E-state index >= 15 is 0 Å². The van der Waals surface area contributed by atoms with Crippen molar-refractivity contribution in [1.82, 2.24) is 5.09 Å². The molecule has 0 aliphatic heterocycles. The summed E-state index contributed by atoms with van der Waals surface area (Å²) in [5.41, 5.74) is 6.97. The molecule has 0 fully saturated rings. The minimum absolute atomic E-state index is 0.694. The molecule has 0 spiro atoms. The van der Waals surface area contributed by atoms with Crippen molar-refractivity contribution in [3.05, 3.63) is 30.3 Å². The zero-order valence-electron chi connectivity index (χ0n) is 12.0. The van der Waals surface area contributed by atoms with Crippen LogP contribution in [0.25, 0.3) is 0 Å². The second-order valence-electron chi connectivity index (χ2n) is 4.70. The average molecular weight is 283 g/mol. The lowest BCUT2D eigenvalue weighted by Gasteiger charge is -2.31. The number of benzene rings is 1. The molecule has 1 aromatic carbocycles. The minimum Gasteiger partial charge on any atom is -0.300 e. The van der Waals surface area contributed by atoms with Crippen LogP contribution in [-0.4, -0.2) is 13.1 Å². The van der Waals surface area contributed by atoms with Crippen molar-refractivity contribution in [2.45, 2.75) is 39.5 Å². The highest BCUT2D eigenvalue weighted by Crippen LogP contribution is 2.40. The summed E-state index contributed by atoms with van der Waals surface area (Å²) in [7, 11) is -3.00. The Balaban J connectivity index is 2.80. The van der Waals surface area contributed by atoms with Gasteiger partial charge in [0.15, 0.2) is 0 Å². The Kier molecular flexibility index (Phi) is 7.14. The monoisotopic (exact) mass is 283 g/mol. The van der Waals surface area contributed by atoms with Crippen LogP contribution in [0.3, 0.4) is 0 Å². The van der Waals surface area contributed by atoms with Gasteiger partial charge in [0, 0.05) is 18.8 Å². The molecule has 0 saturated carbocycles. The van der Waals surface area contributed by atoms with Crippen LogP contribution in [0.15, 0.2) is 30.3 Å². The van der Waals surface area contributed by atoms with Crippen LogP contribution in [0.2, 0.25) is 0 Å². The molecule has 19 heavy (non-hydrogen) atoms. The van der Waals surface area contributed by atoms with Crippen molar-refractivity contribution in [3.63, 3.8) is 0 Å². The van der Waals surface area contributed by atoms with Crippen molar-refractivity contribution >= 4 is 13.3 Å². The first-order chi connectivity index (χ1) is 9.11. The van der Waals surface area contributed by atoms with Gasteiger partial charge in [-0.05, 0) is 25.0 Å². The largest absolute Gasteiger partial charge is 0.303 e. The fourth-order valence-electron chi connectivity index (χ4n) is 1.86. The quantitative estimate of drug-likeness (QED) is 0.535. The zero-order valence-corrected chi connectivity index (χ0v) is 12.9. The van der Waals surface area contributed by atoms with E-state index in [2.05, 4.69) is 18.9 Å². The molecule has 4 nitrogen and oxygen atoms in total. The summed E-state index contributed by atoms with van der Waals surface area (Å²) in [6.07, 6.45) is 4.08. The first-order valence-electron chi connectivity index (χ1n) is 7.08. The Bertz CT molecular complexity index is 397. The van der Waals surface area contributed by atoms with Gasteiger partial charge < -0.3 is 0 Å². The number of nitrogens with two attached hydrogens (primary N) is 1. The third-order valence-corrected chi connectivity index (χ3v) is 4.83. The predicted molar refractivity (Wildman–Crippen MR) is 83.4 cm³/mol. The highest BCUT2D eigenvalue weighted by molar-refractivity contribution is 7.61. The molecule has 0 radical (unpaired) electrons. The normalized spacial score (nSPS) is 14.1. The van der Waals surface area contributed by atoms with E-state index in [-0.39, 0.29) is 0 Å².